The Morgan fingerprint density at radius 3 is 2.42 bits per heavy atom. The Morgan fingerprint density at radius 2 is 1.73 bits per heavy atom. The van der Waals surface area contributed by atoms with Gasteiger partial charge in [0.1, 0.15) is 5.82 Å². The number of halogens is 3. The standard InChI is InChI=1S/C19H17Cl3N2S2/c20-14-3-5-16(6-4-14)25-9-10-26-18(19-23-7-8-24-19)11-13-1-2-15(21)12-17(13)22/h1-8,12,18H,9-11H2,(H,23,24). The molecule has 0 amide bonds. The third-order valence-electron chi connectivity index (χ3n) is 3.73. The van der Waals surface area contributed by atoms with Gasteiger partial charge in [0.25, 0.3) is 0 Å². The van der Waals surface area contributed by atoms with Gasteiger partial charge in [0.05, 0.1) is 5.25 Å². The van der Waals surface area contributed by atoms with Crippen LogP contribution in [0.25, 0.3) is 0 Å². The molecular weight excluding hydrogens is 427 g/mol. The Bertz CT molecular complexity index is 823. The highest BCUT2D eigenvalue weighted by atomic mass is 35.5. The van der Waals surface area contributed by atoms with Crippen molar-refractivity contribution in [3.8, 4) is 0 Å². The van der Waals surface area contributed by atoms with Gasteiger partial charge in [-0.15, -0.1) is 23.5 Å². The highest BCUT2D eigenvalue weighted by molar-refractivity contribution is 8.03. The molecule has 3 aromatic rings. The molecule has 0 aliphatic rings. The van der Waals surface area contributed by atoms with E-state index in [1.54, 1.807) is 12.3 Å². The molecule has 1 atom stereocenters. The topological polar surface area (TPSA) is 28.7 Å². The van der Waals surface area contributed by atoms with E-state index in [0.717, 1.165) is 34.3 Å². The molecule has 2 aromatic carbocycles. The van der Waals surface area contributed by atoms with Crippen LogP contribution in [0.4, 0.5) is 0 Å². The lowest BCUT2D eigenvalue weighted by Crippen LogP contribution is -2.04. The van der Waals surface area contributed by atoms with Gasteiger partial charge in [-0.25, -0.2) is 4.98 Å². The average Bonchev–Trinajstić information content (AvgIpc) is 3.15. The van der Waals surface area contributed by atoms with Gasteiger partial charge >= 0.3 is 0 Å². The van der Waals surface area contributed by atoms with E-state index in [4.69, 9.17) is 34.8 Å². The summed E-state index contributed by atoms with van der Waals surface area (Å²) in [5, 5.41) is 2.33. The largest absolute Gasteiger partial charge is 0.348 e. The number of thioether (sulfide) groups is 2. The second kappa shape index (κ2) is 9.95. The number of hydrogen-bond donors (Lipinski definition) is 1. The number of benzene rings is 2. The van der Waals surface area contributed by atoms with Crippen LogP contribution in [-0.4, -0.2) is 21.5 Å². The first-order valence-corrected chi connectivity index (χ1v) is 11.2. The SMILES string of the molecule is Clc1ccc(SCCSC(Cc2ccc(Cl)cc2Cl)c2ncc[nH]2)cc1. The fourth-order valence-corrected chi connectivity index (χ4v) is 5.22. The predicted molar refractivity (Wildman–Crippen MR) is 116 cm³/mol. The van der Waals surface area contributed by atoms with Crippen molar-refractivity contribution in [3.63, 3.8) is 0 Å². The molecule has 0 aliphatic carbocycles. The first kappa shape index (κ1) is 20.0. The number of nitrogens with zero attached hydrogens (tertiary/aromatic N) is 1. The van der Waals surface area contributed by atoms with Crippen LogP contribution < -0.4 is 0 Å². The Kier molecular flexibility index (Phi) is 7.64. The molecule has 1 aromatic heterocycles. The zero-order valence-electron chi connectivity index (χ0n) is 13.8. The van der Waals surface area contributed by atoms with E-state index in [1.807, 2.05) is 54.0 Å². The highest BCUT2D eigenvalue weighted by Crippen LogP contribution is 2.34. The third-order valence-corrected chi connectivity index (χ3v) is 7.07. The van der Waals surface area contributed by atoms with Gasteiger partial charge in [-0.1, -0.05) is 40.9 Å². The predicted octanol–water partition coefficient (Wildman–Crippen LogP) is 7.18. The lowest BCUT2D eigenvalue weighted by atomic mass is 10.1. The van der Waals surface area contributed by atoms with Gasteiger partial charge in [-0.3, -0.25) is 0 Å². The summed E-state index contributed by atoms with van der Waals surface area (Å²) in [6.45, 7) is 0. The summed E-state index contributed by atoms with van der Waals surface area (Å²) in [5.74, 6) is 2.99. The van der Waals surface area contributed by atoms with Gasteiger partial charge in [0.2, 0.25) is 0 Å². The molecule has 1 N–H and O–H groups in total. The second-order valence-electron chi connectivity index (χ2n) is 5.58. The van der Waals surface area contributed by atoms with Crippen molar-refractivity contribution in [3.05, 3.63) is 81.3 Å². The molecule has 0 radical (unpaired) electrons. The first-order valence-electron chi connectivity index (χ1n) is 8.05. The fourth-order valence-electron chi connectivity index (χ4n) is 2.46. The van der Waals surface area contributed by atoms with E-state index in [9.17, 15) is 0 Å². The van der Waals surface area contributed by atoms with Crippen LogP contribution in [0.1, 0.15) is 16.6 Å². The van der Waals surface area contributed by atoms with E-state index < -0.39 is 0 Å². The highest BCUT2D eigenvalue weighted by Gasteiger charge is 2.17. The Labute approximate surface area is 177 Å². The minimum absolute atomic E-state index is 0.217. The number of nitrogens with one attached hydrogen (secondary N) is 1. The van der Waals surface area contributed by atoms with E-state index >= 15 is 0 Å². The number of rotatable bonds is 8. The van der Waals surface area contributed by atoms with Crippen LogP contribution in [0.2, 0.25) is 15.1 Å². The Balaban J connectivity index is 1.59. The Hall–Kier alpha value is -0.780. The minimum atomic E-state index is 0.217. The van der Waals surface area contributed by atoms with Gasteiger partial charge in [-0.2, -0.15) is 0 Å². The summed E-state index contributed by atoms with van der Waals surface area (Å²) in [5.41, 5.74) is 1.08. The van der Waals surface area contributed by atoms with Crippen LogP contribution in [0.3, 0.4) is 0 Å². The molecule has 0 saturated carbocycles. The molecule has 7 heteroatoms. The van der Waals surface area contributed by atoms with Crippen molar-refractivity contribution in [2.24, 2.45) is 0 Å². The summed E-state index contributed by atoms with van der Waals surface area (Å²) in [6, 6.07) is 13.6. The summed E-state index contributed by atoms with van der Waals surface area (Å²) < 4.78 is 0. The second-order valence-corrected chi connectivity index (χ2v) is 9.34. The van der Waals surface area contributed by atoms with E-state index in [0.29, 0.717) is 10.0 Å². The van der Waals surface area contributed by atoms with Gasteiger partial charge in [0, 0.05) is 43.9 Å². The Morgan fingerprint density at radius 1 is 0.962 bits per heavy atom. The normalized spacial score (nSPS) is 12.3. The molecule has 1 unspecified atom stereocenters. The maximum atomic E-state index is 6.35. The van der Waals surface area contributed by atoms with Crippen LogP contribution >= 0.6 is 58.3 Å². The van der Waals surface area contributed by atoms with Crippen molar-refractivity contribution in [1.82, 2.24) is 9.97 Å². The number of hydrogen-bond acceptors (Lipinski definition) is 3. The van der Waals surface area contributed by atoms with Crippen molar-refractivity contribution < 1.29 is 0 Å². The average molecular weight is 444 g/mol. The maximum absolute atomic E-state index is 6.35. The number of H-pyrrole nitrogens is 1. The fraction of sp³-hybridized carbons (Fsp3) is 0.211. The molecule has 0 fully saturated rings. The van der Waals surface area contributed by atoms with Gasteiger partial charge in [0.15, 0.2) is 0 Å². The minimum Gasteiger partial charge on any atom is -0.348 e. The molecule has 0 saturated heterocycles. The quantitative estimate of drug-likeness (QED) is 0.295. The van der Waals surface area contributed by atoms with Crippen LogP contribution in [0.5, 0.6) is 0 Å². The lowest BCUT2D eigenvalue weighted by molar-refractivity contribution is 0.860. The summed E-state index contributed by atoms with van der Waals surface area (Å²) >= 11 is 22.0. The number of aromatic nitrogens is 2. The van der Waals surface area contributed by atoms with E-state index in [2.05, 4.69) is 22.1 Å². The smallest absolute Gasteiger partial charge is 0.119 e. The maximum Gasteiger partial charge on any atom is 0.119 e. The molecule has 0 aliphatic heterocycles. The summed E-state index contributed by atoms with van der Waals surface area (Å²) in [7, 11) is 0. The van der Waals surface area contributed by atoms with Crippen molar-refractivity contribution in [2.75, 3.05) is 11.5 Å². The van der Waals surface area contributed by atoms with Crippen molar-refractivity contribution in [2.45, 2.75) is 16.6 Å². The zero-order chi connectivity index (χ0) is 18.4. The zero-order valence-corrected chi connectivity index (χ0v) is 17.7. The van der Waals surface area contributed by atoms with E-state index in [1.165, 1.54) is 4.90 Å². The summed E-state index contributed by atoms with van der Waals surface area (Å²) in [4.78, 5) is 8.90. The lowest BCUT2D eigenvalue weighted by Gasteiger charge is -2.15. The van der Waals surface area contributed by atoms with E-state index in [-0.39, 0.29) is 5.25 Å². The monoisotopic (exact) mass is 442 g/mol. The van der Waals surface area contributed by atoms with Gasteiger partial charge < -0.3 is 4.98 Å². The van der Waals surface area contributed by atoms with Crippen LogP contribution in [0, 0.1) is 0 Å². The molecule has 2 nitrogen and oxygen atoms in total. The first-order chi connectivity index (χ1) is 12.6. The third kappa shape index (κ3) is 5.86. The van der Waals surface area contributed by atoms with Crippen molar-refractivity contribution >= 4 is 58.3 Å². The molecule has 136 valence electrons. The van der Waals surface area contributed by atoms with Crippen LogP contribution in [0.15, 0.2) is 59.8 Å². The molecular formula is C19H17Cl3N2S2. The number of aromatic amines is 1. The van der Waals surface area contributed by atoms with Crippen molar-refractivity contribution in [1.29, 1.82) is 0 Å². The molecule has 1 heterocycles. The molecule has 26 heavy (non-hydrogen) atoms. The molecule has 0 bridgehead atoms. The molecule has 0 spiro atoms. The van der Waals surface area contributed by atoms with Crippen LogP contribution in [-0.2, 0) is 6.42 Å². The summed E-state index contributed by atoms with van der Waals surface area (Å²) in [6.07, 6.45) is 4.45. The van der Waals surface area contributed by atoms with Gasteiger partial charge in [-0.05, 0) is 48.4 Å². The number of imidazole rings is 1. The molecule has 3 rings (SSSR count).